The highest BCUT2D eigenvalue weighted by atomic mass is 32.1. The molecule has 1 aliphatic heterocycles. The summed E-state index contributed by atoms with van der Waals surface area (Å²) in [6, 6.07) is 5.97. The zero-order chi connectivity index (χ0) is 13.0. The topological polar surface area (TPSA) is 15.3 Å². The van der Waals surface area contributed by atoms with Crippen molar-refractivity contribution >= 4 is 11.3 Å². The zero-order valence-corrected chi connectivity index (χ0v) is 12.7. The van der Waals surface area contributed by atoms with Crippen LogP contribution in [0.2, 0.25) is 0 Å². The summed E-state index contributed by atoms with van der Waals surface area (Å²) in [5, 5.41) is 3.57. The molecule has 1 aromatic rings. The fraction of sp³-hybridized carbons (Fsp3) is 0.733. The number of rotatable bonds is 5. The Morgan fingerprint density at radius 2 is 2.11 bits per heavy atom. The summed E-state index contributed by atoms with van der Waals surface area (Å²) in [5.74, 6) is 0. The van der Waals surface area contributed by atoms with Crippen LogP contribution < -0.4 is 5.32 Å². The predicted octanol–water partition coefficient (Wildman–Crippen LogP) is 3.06. The Morgan fingerprint density at radius 1 is 1.39 bits per heavy atom. The number of piperidine rings is 1. The van der Waals surface area contributed by atoms with Crippen LogP contribution in [0.5, 0.6) is 0 Å². The van der Waals surface area contributed by atoms with Gasteiger partial charge in [0.25, 0.3) is 0 Å². The molecule has 3 heteroatoms. The summed E-state index contributed by atoms with van der Waals surface area (Å²) in [7, 11) is 0. The number of aryl methyl sites for hydroxylation is 1. The highest BCUT2D eigenvalue weighted by molar-refractivity contribution is 7.11. The number of nitrogens with zero attached hydrogens (tertiary/aromatic N) is 1. The molecule has 2 heterocycles. The highest BCUT2D eigenvalue weighted by Gasteiger charge is 2.22. The van der Waals surface area contributed by atoms with Crippen LogP contribution in [0, 0.1) is 6.92 Å². The second-order valence-electron chi connectivity index (χ2n) is 5.43. The van der Waals surface area contributed by atoms with E-state index in [0.717, 1.165) is 12.6 Å². The molecular formula is C15H26N2S. The van der Waals surface area contributed by atoms with Gasteiger partial charge in [-0.2, -0.15) is 0 Å². The Bertz CT molecular complexity index is 353. The average molecular weight is 266 g/mol. The molecule has 0 saturated carbocycles. The fourth-order valence-corrected chi connectivity index (χ4v) is 3.86. The van der Waals surface area contributed by atoms with Gasteiger partial charge in [-0.1, -0.05) is 6.92 Å². The van der Waals surface area contributed by atoms with Crippen LogP contribution in [-0.4, -0.2) is 36.6 Å². The van der Waals surface area contributed by atoms with E-state index in [4.69, 9.17) is 0 Å². The highest BCUT2D eigenvalue weighted by Crippen LogP contribution is 2.20. The third kappa shape index (κ3) is 3.81. The van der Waals surface area contributed by atoms with Crippen LogP contribution in [-0.2, 0) is 6.42 Å². The van der Waals surface area contributed by atoms with Crippen molar-refractivity contribution in [1.29, 1.82) is 0 Å². The Hall–Kier alpha value is -0.380. The third-order valence-corrected chi connectivity index (χ3v) is 4.96. The predicted molar refractivity (Wildman–Crippen MR) is 80.5 cm³/mol. The molecule has 1 unspecified atom stereocenters. The Kier molecular flexibility index (Phi) is 5.22. The number of likely N-dealkylation sites (tertiary alicyclic amines) is 1. The summed E-state index contributed by atoms with van der Waals surface area (Å²) in [6.45, 7) is 10.4. The van der Waals surface area contributed by atoms with Crippen LogP contribution in [0.1, 0.15) is 36.4 Å². The van der Waals surface area contributed by atoms with E-state index in [1.807, 2.05) is 11.3 Å². The van der Waals surface area contributed by atoms with E-state index in [1.54, 1.807) is 0 Å². The second kappa shape index (κ2) is 6.69. The lowest BCUT2D eigenvalue weighted by Crippen LogP contribution is -2.46. The number of hydrogen-bond donors (Lipinski definition) is 1. The van der Waals surface area contributed by atoms with Crippen LogP contribution >= 0.6 is 11.3 Å². The maximum atomic E-state index is 3.57. The molecule has 102 valence electrons. The molecule has 1 N–H and O–H groups in total. The molecule has 0 radical (unpaired) electrons. The fourth-order valence-electron chi connectivity index (χ4n) is 2.85. The molecule has 2 rings (SSSR count). The molecule has 0 aromatic carbocycles. The van der Waals surface area contributed by atoms with E-state index in [2.05, 4.69) is 43.1 Å². The molecule has 0 aliphatic carbocycles. The van der Waals surface area contributed by atoms with Gasteiger partial charge < -0.3 is 10.2 Å². The summed E-state index contributed by atoms with van der Waals surface area (Å²) < 4.78 is 0. The lowest BCUT2D eigenvalue weighted by Gasteiger charge is -2.36. The monoisotopic (exact) mass is 266 g/mol. The van der Waals surface area contributed by atoms with Gasteiger partial charge in [0, 0.05) is 21.8 Å². The van der Waals surface area contributed by atoms with Crippen LogP contribution in [0.25, 0.3) is 0 Å². The molecule has 2 nitrogen and oxygen atoms in total. The molecule has 0 amide bonds. The number of hydrogen-bond acceptors (Lipinski definition) is 3. The normalized spacial score (nSPS) is 20.2. The van der Waals surface area contributed by atoms with E-state index >= 15 is 0 Å². The Balaban J connectivity index is 1.78. The Labute approximate surface area is 115 Å². The van der Waals surface area contributed by atoms with Gasteiger partial charge in [-0.15, -0.1) is 11.3 Å². The van der Waals surface area contributed by atoms with E-state index in [0.29, 0.717) is 6.04 Å². The summed E-state index contributed by atoms with van der Waals surface area (Å²) in [4.78, 5) is 5.62. The van der Waals surface area contributed by atoms with Gasteiger partial charge in [0.1, 0.15) is 0 Å². The second-order valence-corrected chi connectivity index (χ2v) is 6.81. The minimum Gasteiger partial charge on any atom is -0.314 e. The maximum Gasteiger partial charge on any atom is 0.0115 e. The molecule has 1 atom stereocenters. The van der Waals surface area contributed by atoms with Crippen molar-refractivity contribution in [2.45, 2.75) is 52.1 Å². The molecular weight excluding hydrogens is 240 g/mol. The first kappa shape index (κ1) is 14.0. The summed E-state index contributed by atoms with van der Waals surface area (Å²) in [5.41, 5.74) is 0. The van der Waals surface area contributed by atoms with Crippen molar-refractivity contribution < 1.29 is 0 Å². The quantitative estimate of drug-likeness (QED) is 0.881. The molecule has 0 spiro atoms. The van der Waals surface area contributed by atoms with Crippen molar-refractivity contribution in [2.75, 3.05) is 19.6 Å². The van der Waals surface area contributed by atoms with Gasteiger partial charge in [-0.25, -0.2) is 0 Å². The first-order chi connectivity index (χ1) is 8.69. The van der Waals surface area contributed by atoms with Crippen molar-refractivity contribution in [3.8, 4) is 0 Å². The van der Waals surface area contributed by atoms with Gasteiger partial charge in [0.15, 0.2) is 0 Å². The van der Waals surface area contributed by atoms with Crippen LogP contribution in [0.3, 0.4) is 0 Å². The van der Waals surface area contributed by atoms with Crippen molar-refractivity contribution in [2.24, 2.45) is 0 Å². The lowest BCUT2D eigenvalue weighted by atomic mass is 10.0. The molecule has 18 heavy (non-hydrogen) atoms. The molecule has 1 aliphatic rings. The lowest BCUT2D eigenvalue weighted by molar-refractivity contribution is 0.152. The Morgan fingerprint density at radius 3 is 2.67 bits per heavy atom. The van der Waals surface area contributed by atoms with Gasteiger partial charge in [-0.05, 0) is 64.9 Å². The van der Waals surface area contributed by atoms with Crippen LogP contribution in [0.15, 0.2) is 12.1 Å². The standard InChI is InChI=1S/C15H26N2S/c1-4-16-14-7-9-17(10-8-14)12(2)11-15-6-5-13(3)18-15/h5-6,12,14,16H,4,7-11H2,1-3H3. The smallest absolute Gasteiger partial charge is 0.0115 e. The van der Waals surface area contributed by atoms with Gasteiger partial charge >= 0.3 is 0 Å². The van der Waals surface area contributed by atoms with E-state index in [9.17, 15) is 0 Å². The molecule has 1 aromatic heterocycles. The van der Waals surface area contributed by atoms with Gasteiger partial charge in [0.05, 0.1) is 0 Å². The average Bonchev–Trinajstić information content (AvgIpc) is 2.76. The largest absolute Gasteiger partial charge is 0.314 e. The van der Waals surface area contributed by atoms with Crippen molar-refractivity contribution in [3.63, 3.8) is 0 Å². The maximum absolute atomic E-state index is 3.57. The molecule has 1 saturated heterocycles. The van der Waals surface area contributed by atoms with E-state index in [1.165, 1.54) is 42.1 Å². The first-order valence-electron chi connectivity index (χ1n) is 7.21. The number of thiophene rings is 1. The van der Waals surface area contributed by atoms with Crippen molar-refractivity contribution in [1.82, 2.24) is 10.2 Å². The van der Waals surface area contributed by atoms with E-state index < -0.39 is 0 Å². The van der Waals surface area contributed by atoms with Crippen molar-refractivity contribution in [3.05, 3.63) is 21.9 Å². The van der Waals surface area contributed by atoms with Gasteiger partial charge in [-0.3, -0.25) is 0 Å². The first-order valence-corrected chi connectivity index (χ1v) is 8.03. The van der Waals surface area contributed by atoms with Crippen LogP contribution in [0.4, 0.5) is 0 Å². The summed E-state index contributed by atoms with van der Waals surface area (Å²) >= 11 is 1.95. The van der Waals surface area contributed by atoms with Gasteiger partial charge in [0.2, 0.25) is 0 Å². The molecule has 0 bridgehead atoms. The summed E-state index contributed by atoms with van der Waals surface area (Å²) in [6.07, 6.45) is 3.83. The molecule has 1 fully saturated rings. The minimum absolute atomic E-state index is 0.686. The number of nitrogens with one attached hydrogen (secondary N) is 1. The zero-order valence-electron chi connectivity index (χ0n) is 11.9. The minimum atomic E-state index is 0.686. The SMILES string of the molecule is CCNC1CCN(C(C)Cc2ccc(C)s2)CC1. The third-order valence-electron chi connectivity index (χ3n) is 3.94. The van der Waals surface area contributed by atoms with E-state index in [-0.39, 0.29) is 0 Å².